The van der Waals surface area contributed by atoms with E-state index in [4.69, 9.17) is 4.74 Å². The number of Topliss-reactive ketones (excluding diaryl/α,β-unsaturated/α-hetero) is 2. The predicted molar refractivity (Wildman–Crippen MR) is 118 cm³/mol. The van der Waals surface area contributed by atoms with Gasteiger partial charge in [-0.25, -0.2) is 0 Å². The average molecular weight is 403 g/mol. The minimum atomic E-state index is -1.79. The van der Waals surface area contributed by atoms with Gasteiger partial charge in [-0.15, -0.1) is 0 Å². The van der Waals surface area contributed by atoms with Gasteiger partial charge in [0.1, 0.15) is 5.76 Å². The van der Waals surface area contributed by atoms with E-state index in [2.05, 4.69) is 19.9 Å². The molecular formula is C25H38O4. The molecule has 1 aliphatic heterocycles. The molecule has 0 fully saturated rings. The molecule has 0 aromatic rings. The molecule has 0 aromatic heterocycles. The summed E-state index contributed by atoms with van der Waals surface area (Å²) in [6, 6.07) is 0. The normalized spacial score (nSPS) is 24.5. The smallest absolute Gasteiger partial charge is 0.269 e. The van der Waals surface area contributed by atoms with E-state index in [1.807, 2.05) is 46.8 Å². The highest BCUT2D eigenvalue weighted by Gasteiger charge is 2.42. The van der Waals surface area contributed by atoms with Gasteiger partial charge < -0.3 is 9.84 Å². The highest BCUT2D eigenvalue weighted by Crippen LogP contribution is 2.32. The molecule has 0 saturated heterocycles. The van der Waals surface area contributed by atoms with Crippen LogP contribution in [0.4, 0.5) is 0 Å². The summed E-state index contributed by atoms with van der Waals surface area (Å²) in [6.45, 7) is 17.1. The predicted octanol–water partition coefficient (Wildman–Crippen LogP) is 5.68. The van der Waals surface area contributed by atoms with Gasteiger partial charge in [0, 0.05) is 18.4 Å². The van der Waals surface area contributed by atoms with Gasteiger partial charge in [0.05, 0.1) is 0 Å². The topological polar surface area (TPSA) is 63.6 Å². The van der Waals surface area contributed by atoms with Crippen molar-refractivity contribution < 1.29 is 19.4 Å². The maximum atomic E-state index is 12.6. The van der Waals surface area contributed by atoms with Crippen LogP contribution >= 0.6 is 0 Å². The van der Waals surface area contributed by atoms with E-state index in [1.54, 1.807) is 6.92 Å². The number of hydrogen-bond donors (Lipinski definition) is 1. The van der Waals surface area contributed by atoms with Crippen LogP contribution in [0.3, 0.4) is 0 Å². The average Bonchev–Trinajstić information content (AvgIpc) is 2.83. The summed E-state index contributed by atoms with van der Waals surface area (Å²) >= 11 is 0. The zero-order valence-corrected chi connectivity index (χ0v) is 19.6. The summed E-state index contributed by atoms with van der Waals surface area (Å²) in [5.74, 6) is -0.844. The van der Waals surface area contributed by atoms with Crippen molar-refractivity contribution in [2.24, 2.45) is 17.8 Å². The highest BCUT2D eigenvalue weighted by molar-refractivity contribution is 6.03. The molecule has 0 aromatic carbocycles. The van der Waals surface area contributed by atoms with Gasteiger partial charge in [-0.3, -0.25) is 9.59 Å². The van der Waals surface area contributed by atoms with Crippen LogP contribution in [0, 0.1) is 17.8 Å². The minimum absolute atomic E-state index is 0.0420. The van der Waals surface area contributed by atoms with Crippen LogP contribution in [0.1, 0.15) is 75.2 Å². The summed E-state index contributed by atoms with van der Waals surface area (Å²) in [5.41, 5.74) is 3.02. The van der Waals surface area contributed by atoms with Crippen molar-refractivity contribution in [3.63, 3.8) is 0 Å². The number of allylic oxidation sites excluding steroid dienone is 6. The molecule has 1 heterocycles. The van der Waals surface area contributed by atoms with E-state index in [-0.39, 0.29) is 17.6 Å². The van der Waals surface area contributed by atoms with Crippen LogP contribution in [0.5, 0.6) is 0 Å². The molecule has 4 heteroatoms. The van der Waals surface area contributed by atoms with Crippen LogP contribution in [-0.2, 0) is 14.3 Å². The first kappa shape index (κ1) is 25.1. The van der Waals surface area contributed by atoms with Crippen molar-refractivity contribution in [3.8, 4) is 0 Å². The van der Waals surface area contributed by atoms with E-state index in [0.29, 0.717) is 17.3 Å². The highest BCUT2D eigenvalue weighted by atomic mass is 16.6. The lowest BCUT2D eigenvalue weighted by Crippen LogP contribution is -2.32. The van der Waals surface area contributed by atoms with Gasteiger partial charge >= 0.3 is 0 Å². The lowest BCUT2D eigenvalue weighted by molar-refractivity contribution is -0.169. The molecule has 0 amide bonds. The van der Waals surface area contributed by atoms with Gasteiger partial charge in [-0.2, -0.15) is 0 Å². The van der Waals surface area contributed by atoms with Gasteiger partial charge in [0.2, 0.25) is 5.78 Å². The Bertz CT molecular complexity index is 762. The van der Waals surface area contributed by atoms with Crippen LogP contribution in [-0.4, -0.2) is 22.5 Å². The molecule has 0 bridgehead atoms. The van der Waals surface area contributed by atoms with Crippen LogP contribution < -0.4 is 0 Å². The summed E-state index contributed by atoms with van der Waals surface area (Å²) in [4.78, 5) is 24.6. The first-order valence-corrected chi connectivity index (χ1v) is 10.6. The fraction of sp³-hybridized carbons (Fsp3) is 0.600. The quantitative estimate of drug-likeness (QED) is 0.398. The van der Waals surface area contributed by atoms with Gasteiger partial charge in [-0.05, 0) is 57.1 Å². The van der Waals surface area contributed by atoms with Gasteiger partial charge in [0.25, 0.3) is 5.79 Å². The van der Waals surface area contributed by atoms with E-state index in [0.717, 1.165) is 29.6 Å². The molecule has 1 aliphatic rings. The van der Waals surface area contributed by atoms with Crippen LogP contribution in [0.25, 0.3) is 0 Å². The minimum Gasteiger partial charge on any atom is -0.454 e. The molecule has 1 N–H and O–H groups in total. The molecule has 4 atom stereocenters. The van der Waals surface area contributed by atoms with E-state index in [9.17, 15) is 14.7 Å². The van der Waals surface area contributed by atoms with Crippen molar-refractivity contribution in [2.45, 2.75) is 80.9 Å². The molecule has 0 aliphatic carbocycles. The van der Waals surface area contributed by atoms with Crippen molar-refractivity contribution in [3.05, 3.63) is 46.3 Å². The Hall–Kier alpha value is -1.94. The number of ether oxygens (including phenoxy) is 1. The summed E-state index contributed by atoms with van der Waals surface area (Å²) in [6.07, 6.45) is 8.02. The Kier molecular flexibility index (Phi) is 8.83. The third-order valence-electron chi connectivity index (χ3n) is 5.53. The number of aliphatic hydroxyl groups is 1. The van der Waals surface area contributed by atoms with Crippen LogP contribution in [0.2, 0.25) is 0 Å². The largest absolute Gasteiger partial charge is 0.454 e. The van der Waals surface area contributed by atoms with E-state index >= 15 is 0 Å². The fourth-order valence-corrected chi connectivity index (χ4v) is 3.81. The molecule has 0 radical (unpaired) electrons. The zero-order chi connectivity index (χ0) is 22.5. The number of hydrogen-bond acceptors (Lipinski definition) is 4. The third kappa shape index (κ3) is 6.81. The Morgan fingerprint density at radius 3 is 2.24 bits per heavy atom. The summed E-state index contributed by atoms with van der Waals surface area (Å²) < 4.78 is 5.44. The Labute approximate surface area is 176 Å². The standard InChI is InChI=1S/C25H38O4/c1-10-15(2)12-18(5)22(26)19(6)13-16(3)11-17(4)14-20(7)23-21(8)24(27)25(9,28)29-23/h11,13-16,18,28H,10,12H2,1-9H3/b17-11+,19-13+,20-14+/t15-,16-,18-,25-/m0/s1. The van der Waals surface area contributed by atoms with Crippen molar-refractivity contribution in [1.82, 2.24) is 0 Å². The lowest BCUT2D eigenvalue weighted by atomic mass is 9.88. The maximum absolute atomic E-state index is 12.6. The Morgan fingerprint density at radius 1 is 1.17 bits per heavy atom. The molecule has 0 spiro atoms. The van der Waals surface area contributed by atoms with Gasteiger partial charge in [0.15, 0.2) is 5.78 Å². The molecule has 4 nitrogen and oxygen atoms in total. The van der Waals surface area contributed by atoms with Crippen molar-refractivity contribution >= 4 is 11.6 Å². The maximum Gasteiger partial charge on any atom is 0.269 e. The first-order valence-electron chi connectivity index (χ1n) is 10.6. The Morgan fingerprint density at radius 2 is 1.76 bits per heavy atom. The zero-order valence-electron chi connectivity index (χ0n) is 19.6. The number of carbonyl (C=O) groups excluding carboxylic acids is 2. The fourth-order valence-electron chi connectivity index (χ4n) is 3.81. The number of carbonyl (C=O) groups is 2. The van der Waals surface area contributed by atoms with E-state index in [1.165, 1.54) is 6.92 Å². The molecule has 0 saturated carbocycles. The first-order chi connectivity index (χ1) is 13.3. The van der Waals surface area contributed by atoms with Gasteiger partial charge in [-0.1, -0.05) is 57.9 Å². The molecule has 162 valence electrons. The van der Waals surface area contributed by atoms with Crippen molar-refractivity contribution in [1.29, 1.82) is 0 Å². The lowest BCUT2D eigenvalue weighted by Gasteiger charge is -2.16. The second-order valence-electron chi connectivity index (χ2n) is 8.83. The number of ketones is 2. The monoisotopic (exact) mass is 402 g/mol. The second kappa shape index (κ2) is 10.2. The second-order valence-corrected chi connectivity index (χ2v) is 8.83. The SMILES string of the molecule is CC[C@H](C)C[C@H](C)C(=O)/C(C)=C/[C@@H](C)/C=C(C)/C=C(\C)C1=C(C)C(=O)[C@@](C)(O)O1. The molecule has 29 heavy (non-hydrogen) atoms. The molecule has 1 rings (SSSR count). The third-order valence-corrected chi connectivity index (χ3v) is 5.53. The van der Waals surface area contributed by atoms with Crippen molar-refractivity contribution in [2.75, 3.05) is 0 Å². The molecule has 0 unspecified atom stereocenters. The Balaban J connectivity index is 2.89. The molecular weight excluding hydrogens is 364 g/mol. The number of rotatable bonds is 9. The summed E-state index contributed by atoms with van der Waals surface area (Å²) in [7, 11) is 0. The van der Waals surface area contributed by atoms with E-state index < -0.39 is 11.6 Å². The van der Waals surface area contributed by atoms with Crippen LogP contribution in [0.15, 0.2) is 46.3 Å². The summed E-state index contributed by atoms with van der Waals surface area (Å²) in [5, 5.41) is 10.0.